The lowest BCUT2D eigenvalue weighted by molar-refractivity contribution is -0.138. The van der Waals surface area contributed by atoms with E-state index in [0.717, 1.165) is 46.8 Å². The Hall–Kier alpha value is -3.39. The molecule has 1 saturated heterocycles. The molecule has 5 rings (SSSR count). The lowest BCUT2D eigenvalue weighted by Crippen LogP contribution is -2.54. The molecule has 4 heterocycles. The van der Waals surface area contributed by atoms with E-state index in [1.165, 1.54) is 16.5 Å². The number of aromatic amines is 1. The summed E-state index contributed by atoms with van der Waals surface area (Å²) in [6.45, 7) is 11.3. The Morgan fingerprint density at radius 2 is 2.00 bits per heavy atom. The lowest BCUT2D eigenvalue weighted by Gasteiger charge is -2.39. The van der Waals surface area contributed by atoms with Crippen molar-refractivity contribution in [2.24, 2.45) is 5.92 Å². The number of hydrogen-bond donors (Lipinski definition) is 1. The molecule has 3 aromatic heterocycles. The Morgan fingerprint density at radius 1 is 1.23 bits per heavy atom. The first-order valence-electron chi connectivity index (χ1n) is 12.2. The lowest BCUT2D eigenvalue weighted by atomic mass is 9.94. The van der Waals surface area contributed by atoms with E-state index in [0.29, 0.717) is 25.0 Å². The van der Waals surface area contributed by atoms with Crippen LogP contribution in [0.5, 0.6) is 5.75 Å². The van der Waals surface area contributed by atoms with Crippen molar-refractivity contribution < 1.29 is 9.53 Å². The average Bonchev–Trinajstić information content (AvgIpc) is 3.38. The van der Waals surface area contributed by atoms with Crippen LogP contribution in [-0.4, -0.2) is 75.6 Å². The van der Waals surface area contributed by atoms with E-state index in [9.17, 15) is 4.79 Å². The zero-order valence-electron chi connectivity index (χ0n) is 21.4. The van der Waals surface area contributed by atoms with Gasteiger partial charge in [-0.05, 0) is 68.8 Å². The van der Waals surface area contributed by atoms with E-state index in [4.69, 9.17) is 4.74 Å². The summed E-state index contributed by atoms with van der Waals surface area (Å²) in [4.78, 5) is 19.6. The molecule has 1 amide bonds. The van der Waals surface area contributed by atoms with Crippen molar-refractivity contribution in [2.45, 2.75) is 33.6 Å². The summed E-state index contributed by atoms with van der Waals surface area (Å²) < 4.78 is 8.18. The topological polar surface area (TPSA) is 78.8 Å². The zero-order chi connectivity index (χ0) is 24.9. The van der Waals surface area contributed by atoms with Crippen molar-refractivity contribution in [3.8, 4) is 17.0 Å². The molecule has 1 aliphatic rings. The molecular weight excluding hydrogens is 440 g/mol. The molecule has 1 aromatic carbocycles. The quantitative estimate of drug-likeness (QED) is 0.438. The maximum absolute atomic E-state index is 12.2. The van der Waals surface area contributed by atoms with Gasteiger partial charge in [0, 0.05) is 41.7 Å². The van der Waals surface area contributed by atoms with E-state index in [1.807, 2.05) is 34.4 Å². The highest BCUT2D eigenvalue weighted by molar-refractivity contribution is 5.93. The summed E-state index contributed by atoms with van der Waals surface area (Å²) in [6, 6.07) is 6.28. The summed E-state index contributed by atoms with van der Waals surface area (Å²) >= 11 is 0. The molecule has 1 aliphatic heterocycles. The van der Waals surface area contributed by atoms with Crippen molar-refractivity contribution in [1.29, 1.82) is 0 Å². The smallest absolute Gasteiger partial charge is 0.236 e. The fourth-order valence-corrected chi connectivity index (χ4v) is 5.02. The van der Waals surface area contributed by atoms with Crippen LogP contribution in [0.2, 0.25) is 0 Å². The first kappa shape index (κ1) is 23.4. The minimum Gasteiger partial charge on any atom is -0.493 e. The highest BCUT2D eigenvalue weighted by Crippen LogP contribution is 2.39. The van der Waals surface area contributed by atoms with Crippen molar-refractivity contribution >= 4 is 22.5 Å². The van der Waals surface area contributed by atoms with Gasteiger partial charge >= 0.3 is 0 Å². The number of nitrogens with zero attached hydrogens (tertiary/aromatic N) is 5. The van der Waals surface area contributed by atoms with Gasteiger partial charge in [-0.3, -0.25) is 9.20 Å². The maximum atomic E-state index is 12.2. The molecule has 0 spiro atoms. The van der Waals surface area contributed by atoms with Gasteiger partial charge < -0.3 is 19.5 Å². The molecular formula is C27H34N6O2. The van der Waals surface area contributed by atoms with Crippen LogP contribution in [0.4, 0.5) is 0 Å². The number of likely N-dealkylation sites (tertiary alicyclic amines) is 1. The van der Waals surface area contributed by atoms with Gasteiger partial charge in [0.2, 0.25) is 5.91 Å². The van der Waals surface area contributed by atoms with Crippen LogP contribution in [0.1, 0.15) is 36.5 Å². The van der Waals surface area contributed by atoms with Gasteiger partial charge in [-0.25, -0.2) is 0 Å². The predicted octanol–water partition coefficient (Wildman–Crippen LogP) is 4.02. The number of amides is 1. The van der Waals surface area contributed by atoms with Gasteiger partial charge in [-0.15, -0.1) is 10.2 Å². The second-order valence-electron chi connectivity index (χ2n) is 10.3. The third-order valence-electron chi connectivity index (χ3n) is 7.05. The second kappa shape index (κ2) is 9.00. The minimum absolute atomic E-state index is 0.185. The van der Waals surface area contributed by atoms with E-state index in [2.05, 4.69) is 61.2 Å². The van der Waals surface area contributed by atoms with Crippen LogP contribution < -0.4 is 4.74 Å². The molecule has 35 heavy (non-hydrogen) atoms. The zero-order valence-corrected chi connectivity index (χ0v) is 21.4. The molecule has 184 valence electrons. The number of carbonyl (C=O) groups excluding carboxylic acids is 1. The van der Waals surface area contributed by atoms with Gasteiger partial charge in [0.1, 0.15) is 12.1 Å². The standard InChI is InChI=1S/C27H34N6O2/c1-16(2)25-21-9-20(35-14-19-10-32(11-19)24(34)13-31(5)6)7-8-23(21)29-26(25)22-12-33-15-28-30-27(33)18(4)17(22)3/h7-9,12,15-16,19,29H,10-11,13-14H2,1-6H3. The Balaban J connectivity index is 1.39. The third-order valence-corrected chi connectivity index (χ3v) is 7.05. The van der Waals surface area contributed by atoms with E-state index in [-0.39, 0.29) is 5.91 Å². The third kappa shape index (κ3) is 4.27. The molecule has 1 N–H and O–H groups in total. The molecule has 0 unspecified atom stereocenters. The van der Waals surface area contributed by atoms with Crippen LogP contribution in [0.15, 0.2) is 30.7 Å². The summed E-state index contributed by atoms with van der Waals surface area (Å²) in [7, 11) is 3.84. The number of benzene rings is 1. The van der Waals surface area contributed by atoms with Gasteiger partial charge in [0.25, 0.3) is 0 Å². The number of aryl methyl sites for hydroxylation is 1. The average molecular weight is 475 g/mol. The van der Waals surface area contributed by atoms with Crippen LogP contribution in [0.25, 0.3) is 27.8 Å². The minimum atomic E-state index is 0.185. The molecule has 0 bridgehead atoms. The van der Waals surface area contributed by atoms with Crippen LogP contribution >= 0.6 is 0 Å². The Kier molecular flexibility index (Phi) is 6.01. The molecule has 0 radical (unpaired) electrons. The fraction of sp³-hybridized carbons (Fsp3) is 0.444. The number of pyridine rings is 1. The summed E-state index contributed by atoms with van der Waals surface area (Å²) in [5, 5.41) is 9.53. The normalized spacial score (nSPS) is 14.5. The number of hydrogen-bond acceptors (Lipinski definition) is 5. The Bertz CT molecular complexity index is 1390. The SMILES string of the molecule is Cc1c(-c2[nH]c3ccc(OCC4CN(C(=O)CN(C)C)C4)cc3c2C(C)C)cn2cnnc2c1C. The molecule has 8 heteroatoms. The van der Waals surface area contributed by atoms with Gasteiger partial charge in [-0.2, -0.15) is 0 Å². The number of nitrogens with one attached hydrogen (secondary N) is 1. The van der Waals surface area contributed by atoms with Crippen LogP contribution in [0.3, 0.4) is 0 Å². The maximum Gasteiger partial charge on any atom is 0.236 e. The number of ether oxygens (including phenoxy) is 1. The molecule has 1 fully saturated rings. The van der Waals surface area contributed by atoms with Gasteiger partial charge in [0.15, 0.2) is 5.65 Å². The Labute approximate surface area is 205 Å². The van der Waals surface area contributed by atoms with E-state index in [1.54, 1.807) is 6.33 Å². The van der Waals surface area contributed by atoms with E-state index >= 15 is 0 Å². The van der Waals surface area contributed by atoms with Gasteiger partial charge in [-0.1, -0.05) is 13.8 Å². The number of rotatable bonds is 7. The van der Waals surface area contributed by atoms with Crippen molar-refractivity contribution in [1.82, 2.24) is 29.4 Å². The molecule has 4 aromatic rings. The van der Waals surface area contributed by atoms with Crippen molar-refractivity contribution in [3.63, 3.8) is 0 Å². The number of aromatic nitrogens is 4. The number of likely N-dealkylation sites (N-methyl/N-ethyl adjacent to an activating group) is 1. The monoisotopic (exact) mass is 474 g/mol. The van der Waals surface area contributed by atoms with Crippen molar-refractivity contribution in [3.05, 3.63) is 47.4 Å². The van der Waals surface area contributed by atoms with Crippen molar-refractivity contribution in [2.75, 3.05) is 40.3 Å². The Morgan fingerprint density at radius 3 is 2.71 bits per heavy atom. The summed E-state index contributed by atoms with van der Waals surface area (Å²) in [5.74, 6) is 1.76. The van der Waals surface area contributed by atoms with Crippen LogP contribution in [0, 0.1) is 19.8 Å². The van der Waals surface area contributed by atoms with Gasteiger partial charge in [0.05, 0.1) is 18.8 Å². The molecule has 0 aliphatic carbocycles. The largest absolute Gasteiger partial charge is 0.493 e. The van der Waals surface area contributed by atoms with Crippen LogP contribution in [-0.2, 0) is 4.79 Å². The summed E-state index contributed by atoms with van der Waals surface area (Å²) in [5.41, 5.74) is 7.91. The van der Waals surface area contributed by atoms with E-state index < -0.39 is 0 Å². The highest BCUT2D eigenvalue weighted by atomic mass is 16.5. The molecule has 8 nitrogen and oxygen atoms in total. The molecule has 0 atom stereocenters. The number of H-pyrrole nitrogens is 1. The molecule has 0 saturated carbocycles. The predicted molar refractivity (Wildman–Crippen MR) is 138 cm³/mol. The number of carbonyl (C=O) groups is 1. The first-order valence-corrected chi connectivity index (χ1v) is 12.2. The summed E-state index contributed by atoms with van der Waals surface area (Å²) in [6.07, 6.45) is 3.87. The fourth-order valence-electron chi connectivity index (χ4n) is 5.02. The second-order valence-corrected chi connectivity index (χ2v) is 10.3. The highest BCUT2D eigenvalue weighted by Gasteiger charge is 2.31. The first-order chi connectivity index (χ1) is 16.7. The number of fused-ring (bicyclic) bond motifs is 2.